The molecular formula is C14H14N2O. The van der Waals surface area contributed by atoms with Gasteiger partial charge in [-0.05, 0) is 30.5 Å². The molecule has 3 nitrogen and oxygen atoms in total. The van der Waals surface area contributed by atoms with Crippen molar-refractivity contribution in [1.29, 1.82) is 0 Å². The lowest BCUT2D eigenvalue weighted by molar-refractivity contribution is 0.0992. The molecule has 0 N–H and O–H groups in total. The summed E-state index contributed by atoms with van der Waals surface area (Å²) < 4.78 is 0. The maximum atomic E-state index is 12.0. The molecule has 1 aromatic carbocycles. The Bertz CT molecular complexity index is 515. The third-order valence-corrected chi connectivity index (χ3v) is 2.86. The van der Waals surface area contributed by atoms with Crippen LogP contribution in [0.3, 0.4) is 0 Å². The number of aromatic nitrogens is 2. The highest BCUT2D eigenvalue weighted by molar-refractivity contribution is 5.97. The van der Waals surface area contributed by atoms with Gasteiger partial charge in [0.05, 0.1) is 5.56 Å². The maximum Gasteiger partial charge on any atom is 0.170 e. The van der Waals surface area contributed by atoms with Crippen molar-refractivity contribution >= 4 is 5.78 Å². The van der Waals surface area contributed by atoms with E-state index in [9.17, 15) is 4.79 Å². The van der Waals surface area contributed by atoms with Crippen LogP contribution in [-0.2, 0) is 6.42 Å². The Morgan fingerprint density at radius 1 is 1.12 bits per heavy atom. The average Bonchev–Trinajstić information content (AvgIpc) is 2.35. The third kappa shape index (κ3) is 2.56. The lowest BCUT2D eigenvalue weighted by Gasteiger charge is -2.08. The molecule has 2 aromatic rings. The lowest BCUT2D eigenvalue weighted by atomic mass is 9.96. The van der Waals surface area contributed by atoms with E-state index >= 15 is 0 Å². The molecule has 0 spiro atoms. The average molecular weight is 226 g/mol. The second-order valence-electron chi connectivity index (χ2n) is 4.10. The minimum atomic E-state index is 0.0583. The van der Waals surface area contributed by atoms with E-state index in [1.54, 1.807) is 12.4 Å². The van der Waals surface area contributed by atoms with Crippen molar-refractivity contribution in [2.75, 3.05) is 0 Å². The minimum absolute atomic E-state index is 0.0583. The van der Waals surface area contributed by atoms with Crippen molar-refractivity contribution in [1.82, 2.24) is 9.97 Å². The lowest BCUT2D eigenvalue weighted by Crippen LogP contribution is -2.07. The summed E-state index contributed by atoms with van der Waals surface area (Å²) in [5.41, 5.74) is 3.96. The molecule has 0 fully saturated rings. The summed E-state index contributed by atoms with van der Waals surface area (Å²) in [7, 11) is 0. The molecule has 86 valence electrons. The number of ketones is 1. The van der Waals surface area contributed by atoms with Crippen LogP contribution in [0.1, 0.15) is 27.0 Å². The fourth-order valence-corrected chi connectivity index (χ4v) is 1.83. The van der Waals surface area contributed by atoms with Crippen LogP contribution in [0.2, 0.25) is 0 Å². The summed E-state index contributed by atoms with van der Waals surface area (Å²) in [6.45, 7) is 4.05. The first-order valence-corrected chi connectivity index (χ1v) is 5.52. The predicted molar refractivity (Wildman–Crippen MR) is 66.0 cm³/mol. The summed E-state index contributed by atoms with van der Waals surface area (Å²) in [5.74, 6) is 0.0583. The predicted octanol–water partition coefficient (Wildman–Crippen LogP) is 2.52. The number of aryl methyl sites for hydroxylation is 2. The van der Waals surface area contributed by atoms with E-state index in [1.807, 2.05) is 32.0 Å². The fraction of sp³-hybridized carbons (Fsp3) is 0.214. The molecule has 1 heterocycles. The molecule has 0 saturated carbocycles. The Hall–Kier alpha value is -2.03. The summed E-state index contributed by atoms with van der Waals surface area (Å²) >= 11 is 0. The topological polar surface area (TPSA) is 42.9 Å². The van der Waals surface area contributed by atoms with Gasteiger partial charge in [0.1, 0.15) is 6.33 Å². The van der Waals surface area contributed by atoms with E-state index in [0.29, 0.717) is 12.0 Å². The molecule has 1 aromatic heterocycles. The number of rotatable bonds is 3. The zero-order chi connectivity index (χ0) is 12.3. The van der Waals surface area contributed by atoms with Gasteiger partial charge in [-0.3, -0.25) is 4.79 Å². The monoisotopic (exact) mass is 226 g/mol. The first kappa shape index (κ1) is 11.5. The van der Waals surface area contributed by atoms with Gasteiger partial charge in [0.2, 0.25) is 0 Å². The molecule has 2 rings (SSSR count). The number of nitrogens with zero attached hydrogens (tertiary/aromatic N) is 2. The first-order valence-electron chi connectivity index (χ1n) is 5.52. The Morgan fingerprint density at radius 3 is 2.29 bits per heavy atom. The van der Waals surface area contributed by atoms with Gasteiger partial charge in [-0.2, -0.15) is 0 Å². The second-order valence-corrected chi connectivity index (χ2v) is 4.10. The van der Waals surface area contributed by atoms with Crippen molar-refractivity contribution < 1.29 is 4.79 Å². The standard InChI is InChI=1S/C14H14N2O/c1-10-4-3-5-11(2)13(10)6-14(17)12-7-15-9-16-8-12/h3-5,7-9H,6H2,1-2H3. The van der Waals surface area contributed by atoms with Crippen LogP contribution in [0.5, 0.6) is 0 Å². The van der Waals surface area contributed by atoms with Crippen LogP contribution >= 0.6 is 0 Å². The van der Waals surface area contributed by atoms with Gasteiger partial charge in [-0.15, -0.1) is 0 Å². The summed E-state index contributed by atoms with van der Waals surface area (Å²) in [4.78, 5) is 19.8. The van der Waals surface area contributed by atoms with E-state index in [0.717, 1.165) is 16.7 Å². The zero-order valence-electron chi connectivity index (χ0n) is 9.97. The van der Waals surface area contributed by atoms with Crippen LogP contribution in [0.4, 0.5) is 0 Å². The molecule has 0 aliphatic rings. The van der Waals surface area contributed by atoms with E-state index in [4.69, 9.17) is 0 Å². The van der Waals surface area contributed by atoms with Gasteiger partial charge < -0.3 is 0 Å². The van der Waals surface area contributed by atoms with Crippen molar-refractivity contribution in [2.45, 2.75) is 20.3 Å². The molecule has 0 bridgehead atoms. The number of hydrogen-bond donors (Lipinski definition) is 0. The van der Waals surface area contributed by atoms with Gasteiger partial charge in [0, 0.05) is 18.8 Å². The van der Waals surface area contributed by atoms with Crippen LogP contribution in [0.25, 0.3) is 0 Å². The molecule has 0 amide bonds. The Labute approximate surface area is 101 Å². The number of benzene rings is 1. The van der Waals surface area contributed by atoms with Crippen molar-refractivity contribution in [2.24, 2.45) is 0 Å². The molecule has 0 atom stereocenters. The van der Waals surface area contributed by atoms with E-state index < -0.39 is 0 Å². The summed E-state index contributed by atoms with van der Waals surface area (Å²) in [6.07, 6.45) is 4.95. The SMILES string of the molecule is Cc1cccc(C)c1CC(=O)c1cncnc1. The molecular weight excluding hydrogens is 212 g/mol. The van der Waals surface area contributed by atoms with E-state index in [1.165, 1.54) is 6.33 Å². The number of carbonyl (C=O) groups excluding carboxylic acids is 1. The smallest absolute Gasteiger partial charge is 0.170 e. The van der Waals surface area contributed by atoms with E-state index in [-0.39, 0.29) is 5.78 Å². The Morgan fingerprint density at radius 2 is 1.71 bits per heavy atom. The highest BCUT2D eigenvalue weighted by Gasteiger charge is 2.10. The molecule has 0 aliphatic heterocycles. The normalized spacial score (nSPS) is 10.2. The van der Waals surface area contributed by atoms with E-state index in [2.05, 4.69) is 9.97 Å². The zero-order valence-corrected chi connectivity index (χ0v) is 9.97. The Balaban J connectivity index is 2.25. The number of hydrogen-bond acceptors (Lipinski definition) is 3. The fourth-order valence-electron chi connectivity index (χ4n) is 1.83. The molecule has 17 heavy (non-hydrogen) atoms. The van der Waals surface area contributed by atoms with Gasteiger partial charge >= 0.3 is 0 Å². The largest absolute Gasteiger partial charge is 0.294 e. The number of Topliss-reactive ketones (excluding diaryl/α,β-unsaturated/α-hetero) is 1. The molecule has 0 aliphatic carbocycles. The van der Waals surface area contributed by atoms with Crippen LogP contribution < -0.4 is 0 Å². The highest BCUT2D eigenvalue weighted by Crippen LogP contribution is 2.15. The van der Waals surface area contributed by atoms with Gasteiger partial charge in [0.25, 0.3) is 0 Å². The van der Waals surface area contributed by atoms with Gasteiger partial charge in [-0.25, -0.2) is 9.97 Å². The second kappa shape index (κ2) is 4.87. The van der Waals surface area contributed by atoms with Crippen LogP contribution in [0.15, 0.2) is 36.9 Å². The minimum Gasteiger partial charge on any atom is -0.294 e. The van der Waals surface area contributed by atoms with Crippen molar-refractivity contribution in [3.05, 3.63) is 59.2 Å². The molecule has 0 unspecified atom stereocenters. The quantitative estimate of drug-likeness (QED) is 0.755. The van der Waals surface area contributed by atoms with Crippen LogP contribution in [0, 0.1) is 13.8 Å². The van der Waals surface area contributed by atoms with Gasteiger partial charge in [-0.1, -0.05) is 18.2 Å². The van der Waals surface area contributed by atoms with Crippen LogP contribution in [-0.4, -0.2) is 15.8 Å². The summed E-state index contributed by atoms with van der Waals surface area (Å²) in [5, 5.41) is 0. The summed E-state index contributed by atoms with van der Waals surface area (Å²) in [6, 6.07) is 6.05. The highest BCUT2D eigenvalue weighted by atomic mass is 16.1. The Kier molecular flexibility index (Phi) is 3.28. The van der Waals surface area contributed by atoms with Crippen molar-refractivity contribution in [3.63, 3.8) is 0 Å². The maximum absolute atomic E-state index is 12.0. The molecule has 3 heteroatoms. The number of carbonyl (C=O) groups is 1. The van der Waals surface area contributed by atoms with Crippen molar-refractivity contribution in [3.8, 4) is 0 Å². The third-order valence-electron chi connectivity index (χ3n) is 2.86. The molecule has 0 radical (unpaired) electrons. The van der Waals surface area contributed by atoms with Gasteiger partial charge in [0.15, 0.2) is 5.78 Å². The molecule has 0 saturated heterocycles. The first-order chi connectivity index (χ1) is 8.18.